The fourth-order valence-electron chi connectivity index (χ4n) is 2.39. The first kappa shape index (κ1) is 12.2. The number of methoxy groups -OCH3 is 1. The summed E-state index contributed by atoms with van der Waals surface area (Å²) in [7, 11) is 1.72. The standard InChI is InChI=1S/C14H22N2O/c1-14(2,3)16-11-8-10-6-5-7-12(17-4)13(10)15-9-11/h5-7,11,15-16H,8-9H2,1-4H3. The highest BCUT2D eigenvalue weighted by Gasteiger charge is 2.23. The van der Waals surface area contributed by atoms with Crippen LogP contribution in [0, 0.1) is 0 Å². The van der Waals surface area contributed by atoms with Gasteiger partial charge in [0.1, 0.15) is 5.75 Å². The summed E-state index contributed by atoms with van der Waals surface area (Å²) >= 11 is 0. The predicted molar refractivity (Wildman–Crippen MR) is 71.9 cm³/mol. The van der Waals surface area contributed by atoms with E-state index in [1.807, 2.05) is 6.07 Å². The molecule has 17 heavy (non-hydrogen) atoms. The quantitative estimate of drug-likeness (QED) is 0.824. The van der Waals surface area contributed by atoms with Crippen molar-refractivity contribution in [3.8, 4) is 5.75 Å². The molecule has 1 aromatic carbocycles. The molecule has 94 valence electrons. The first-order valence-corrected chi connectivity index (χ1v) is 6.17. The number of rotatable bonds is 2. The van der Waals surface area contributed by atoms with Crippen molar-refractivity contribution in [1.82, 2.24) is 5.32 Å². The molecule has 1 aromatic rings. The van der Waals surface area contributed by atoms with Crippen molar-refractivity contribution in [3.05, 3.63) is 23.8 Å². The van der Waals surface area contributed by atoms with Crippen LogP contribution >= 0.6 is 0 Å². The topological polar surface area (TPSA) is 33.3 Å². The van der Waals surface area contributed by atoms with E-state index < -0.39 is 0 Å². The van der Waals surface area contributed by atoms with E-state index >= 15 is 0 Å². The molecule has 0 spiro atoms. The van der Waals surface area contributed by atoms with Crippen molar-refractivity contribution in [2.75, 3.05) is 19.0 Å². The second-order valence-electron chi connectivity index (χ2n) is 5.67. The van der Waals surface area contributed by atoms with E-state index in [1.54, 1.807) is 7.11 Å². The smallest absolute Gasteiger partial charge is 0.142 e. The van der Waals surface area contributed by atoms with E-state index in [2.05, 4.69) is 43.5 Å². The minimum atomic E-state index is 0.155. The van der Waals surface area contributed by atoms with Crippen LogP contribution in [0.25, 0.3) is 0 Å². The van der Waals surface area contributed by atoms with Gasteiger partial charge in [-0.15, -0.1) is 0 Å². The lowest BCUT2D eigenvalue weighted by Crippen LogP contribution is -2.49. The molecule has 3 nitrogen and oxygen atoms in total. The molecule has 1 unspecified atom stereocenters. The number of hydrogen-bond donors (Lipinski definition) is 2. The number of ether oxygens (including phenoxy) is 1. The van der Waals surface area contributed by atoms with Crippen LogP contribution in [-0.2, 0) is 6.42 Å². The van der Waals surface area contributed by atoms with Gasteiger partial charge in [0.15, 0.2) is 0 Å². The Hall–Kier alpha value is -1.22. The second-order valence-corrected chi connectivity index (χ2v) is 5.67. The zero-order chi connectivity index (χ0) is 12.5. The van der Waals surface area contributed by atoms with Crippen molar-refractivity contribution in [3.63, 3.8) is 0 Å². The van der Waals surface area contributed by atoms with Crippen LogP contribution in [0.4, 0.5) is 5.69 Å². The third-order valence-electron chi connectivity index (χ3n) is 2.96. The summed E-state index contributed by atoms with van der Waals surface area (Å²) < 4.78 is 5.37. The molecule has 0 fully saturated rings. The third kappa shape index (κ3) is 2.91. The van der Waals surface area contributed by atoms with Crippen LogP contribution < -0.4 is 15.4 Å². The maximum atomic E-state index is 5.37. The lowest BCUT2D eigenvalue weighted by Gasteiger charge is -2.33. The molecule has 0 saturated heterocycles. The molecule has 0 amide bonds. The summed E-state index contributed by atoms with van der Waals surface area (Å²) in [5, 5.41) is 7.10. The van der Waals surface area contributed by atoms with Crippen LogP contribution in [0.5, 0.6) is 5.75 Å². The third-order valence-corrected chi connectivity index (χ3v) is 2.96. The Morgan fingerprint density at radius 2 is 2.12 bits per heavy atom. The van der Waals surface area contributed by atoms with E-state index in [1.165, 1.54) is 5.56 Å². The molecule has 2 rings (SSSR count). The Morgan fingerprint density at radius 1 is 1.35 bits per heavy atom. The van der Waals surface area contributed by atoms with Gasteiger partial charge in [-0.25, -0.2) is 0 Å². The summed E-state index contributed by atoms with van der Waals surface area (Å²) in [4.78, 5) is 0. The highest BCUT2D eigenvalue weighted by molar-refractivity contribution is 5.63. The van der Waals surface area contributed by atoms with E-state index in [-0.39, 0.29) is 5.54 Å². The maximum absolute atomic E-state index is 5.37. The molecule has 1 atom stereocenters. The normalized spacial score (nSPS) is 19.4. The highest BCUT2D eigenvalue weighted by atomic mass is 16.5. The number of fused-ring (bicyclic) bond motifs is 1. The molecular weight excluding hydrogens is 212 g/mol. The summed E-state index contributed by atoms with van der Waals surface area (Å²) in [5.74, 6) is 0.941. The Balaban J connectivity index is 2.14. The molecule has 0 bridgehead atoms. The zero-order valence-corrected chi connectivity index (χ0v) is 11.1. The molecule has 0 radical (unpaired) electrons. The monoisotopic (exact) mass is 234 g/mol. The Morgan fingerprint density at radius 3 is 2.76 bits per heavy atom. The van der Waals surface area contributed by atoms with Crippen LogP contribution in [0.2, 0.25) is 0 Å². The van der Waals surface area contributed by atoms with Gasteiger partial charge in [-0.05, 0) is 38.8 Å². The molecule has 0 aliphatic carbocycles. The van der Waals surface area contributed by atoms with Crippen LogP contribution in [0.15, 0.2) is 18.2 Å². The first-order valence-electron chi connectivity index (χ1n) is 6.17. The van der Waals surface area contributed by atoms with E-state index in [0.29, 0.717) is 6.04 Å². The van der Waals surface area contributed by atoms with E-state index in [4.69, 9.17) is 4.74 Å². The average molecular weight is 234 g/mol. The van der Waals surface area contributed by atoms with E-state index in [9.17, 15) is 0 Å². The number of benzene rings is 1. The average Bonchev–Trinajstić information content (AvgIpc) is 2.25. The summed E-state index contributed by atoms with van der Waals surface area (Å²) in [6.07, 6.45) is 1.05. The fraction of sp³-hybridized carbons (Fsp3) is 0.571. The van der Waals surface area contributed by atoms with Crippen molar-refractivity contribution in [1.29, 1.82) is 0 Å². The van der Waals surface area contributed by atoms with Crippen LogP contribution in [-0.4, -0.2) is 25.2 Å². The van der Waals surface area contributed by atoms with Gasteiger partial charge in [-0.2, -0.15) is 0 Å². The van der Waals surface area contributed by atoms with E-state index in [0.717, 1.165) is 24.4 Å². The summed E-state index contributed by atoms with van der Waals surface area (Å²) in [5.41, 5.74) is 2.64. The van der Waals surface area contributed by atoms with Gasteiger partial charge in [0.25, 0.3) is 0 Å². The number of nitrogens with one attached hydrogen (secondary N) is 2. The van der Waals surface area contributed by atoms with Crippen molar-refractivity contribution in [2.24, 2.45) is 0 Å². The number of para-hydroxylation sites is 1. The van der Waals surface area contributed by atoms with Gasteiger partial charge in [0, 0.05) is 18.1 Å². The van der Waals surface area contributed by atoms with Crippen molar-refractivity contribution in [2.45, 2.75) is 38.8 Å². The second kappa shape index (κ2) is 4.57. The van der Waals surface area contributed by atoms with Gasteiger partial charge in [0.05, 0.1) is 12.8 Å². The Bertz CT molecular complexity index is 396. The lowest BCUT2D eigenvalue weighted by molar-refractivity contribution is 0.358. The highest BCUT2D eigenvalue weighted by Crippen LogP contribution is 2.31. The molecule has 2 N–H and O–H groups in total. The largest absolute Gasteiger partial charge is 0.495 e. The minimum Gasteiger partial charge on any atom is -0.495 e. The molecule has 0 saturated carbocycles. The fourth-order valence-corrected chi connectivity index (χ4v) is 2.39. The Kier molecular flexibility index (Phi) is 3.29. The molecule has 0 aromatic heterocycles. The molecular formula is C14H22N2O. The van der Waals surface area contributed by atoms with Gasteiger partial charge < -0.3 is 15.4 Å². The SMILES string of the molecule is COc1cccc2c1NCC(NC(C)(C)C)C2. The van der Waals surface area contributed by atoms with Gasteiger partial charge in [-0.3, -0.25) is 0 Å². The minimum absolute atomic E-state index is 0.155. The van der Waals surface area contributed by atoms with Gasteiger partial charge in [-0.1, -0.05) is 12.1 Å². The maximum Gasteiger partial charge on any atom is 0.142 e. The number of hydrogen-bond acceptors (Lipinski definition) is 3. The lowest BCUT2D eigenvalue weighted by atomic mass is 9.96. The summed E-state index contributed by atoms with van der Waals surface area (Å²) in [6.45, 7) is 7.56. The van der Waals surface area contributed by atoms with Crippen molar-refractivity contribution >= 4 is 5.69 Å². The molecule has 1 heterocycles. The summed E-state index contributed by atoms with van der Waals surface area (Å²) in [6, 6.07) is 6.71. The van der Waals surface area contributed by atoms with Crippen LogP contribution in [0.3, 0.4) is 0 Å². The van der Waals surface area contributed by atoms with Crippen LogP contribution in [0.1, 0.15) is 26.3 Å². The van der Waals surface area contributed by atoms with Crippen molar-refractivity contribution < 1.29 is 4.74 Å². The molecule has 1 aliphatic rings. The first-order chi connectivity index (χ1) is 7.99. The molecule has 3 heteroatoms. The van der Waals surface area contributed by atoms with Gasteiger partial charge >= 0.3 is 0 Å². The number of anilines is 1. The van der Waals surface area contributed by atoms with Gasteiger partial charge in [0.2, 0.25) is 0 Å². The predicted octanol–water partition coefficient (Wildman–Crippen LogP) is 2.42. The Labute approximate surface area is 104 Å². The zero-order valence-electron chi connectivity index (χ0n) is 11.1. The molecule has 1 aliphatic heterocycles.